The minimum atomic E-state index is 0.270. The lowest BCUT2D eigenvalue weighted by atomic mass is 10.0. The van der Waals surface area contributed by atoms with Gasteiger partial charge in [-0.05, 0) is 59.0 Å². The first-order chi connectivity index (χ1) is 8.65. The molecule has 1 fully saturated rings. The lowest BCUT2D eigenvalue weighted by Gasteiger charge is -2.34. The maximum atomic E-state index is 12.2. The SMILES string of the molecule is CC1CCCCN1C(=O)CN(C)CCCCCO. The number of likely N-dealkylation sites (tertiary alicyclic amines) is 1. The number of carbonyl (C=O) groups excluding carboxylic acids is 1. The summed E-state index contributed by atoms with van der Waals surface area (Å²) in [5.41, 5.74) is 0. The average Bonchev–Trinajstić information content (AvgIpc) is 2.35. The number of carbonyl (C=O) groups is 1. The predicted molar refractivity (Wildman–Crippen MR) is 73.5 cm³/mol. The second-order valence-corrected chi connectivity index (χ2v) is 5.45. The van der Waals surface area contributed by atoms with Gasteiger partial charge in [0.1, 0.15) is 0 Å². The van der Waals surface area contributed by atoms with Gasteiger partial charge in [0.15, 0.2) is 0 Å². The normalized spacial score (nSPS) is 20.4. The van der Waals surface area contributed by atoms with Crippen LogP contribution in [0, 0.1) is 0 Å². The third kappa shape index (κ3) is 5.36. The van der Waals surface area contributed by atoms with Crippen LogP contribution in [0.2, 0.25) is 0 Å². The quantitative estimate of drug-likeness (QED) is 0.702. The molecule has 1 aliphatic heterocycles. The number of rotatable bonds is 7. The number of aliphatic hydroxyl groups is 1. The van der Waals surface area contributed by atoms with Gasteiger partial charge < -0.3 is 10.0 Å². The molecule has 4 nitrogen and oxygen atoms in total. The van der Waals surface area contributed by atoms with Gasteiger partial charge >= 0.3 is 0 Å². The van der Waals surface area contributed by atoms with E-state index in [1.54, 1.807) is 0 Å². The summed E-state index contributed by atoms with van der Waals surface area (Å²) < 4.78 is 0. The number of hydrogen-bond acceptors (Lipinski definition) is 3. The minimum Gasteiger partial charge on any atom is -0.396 e. The third-order valence-corrected chi connectivity index (χ3v) is 3.73. The van der Waals surface area contributed by atoms with Crippen molar-refractivity contribution in [3.8, 4) is 0 Å². The van der Waals surface area contributed by atoms with Gasteiger partial charge in [-0.1, -0.05) is 0 Å². The van der Waals surface area contributed by atoms with Crippen LogP contribution in [0.25, 0.3) is 0 Å². The van der Waals surface area contributed by atoms with Crippen molar-refractivity contribution < 1.29 is 9.90 Å². The van der Waals surface area contributed by atoms with E-state index in [0.29, 0.717) is 12.6 Å². The van der Waals surface area contributed by atoms with E-state index < -0.39 is 0 Å². The first-order valence-corrected chi connectivity index (χ1v) is 7.24. The third-order valence-electron chi connectivity index (χ3n) is 3.73. The van der Waals surface area contributed by atoms with Crippen LogP contribution in [0.3, 0.4) is 0 Å². The van der Waals surface area contributed by atoms with Crippen LogP contribution in [0.4, 0.5) is 0 Å². The molecule has 0 aromatic heterocycles. The van der Waals surface area contributed by atoms with E-state index in [9.17, 15) is 4.79 Å². The van der Waals surface area contributed by atoms with Crippen LogP contribution < -0.4 is 0 Å². The Labute approximate surface area is 111 Å². The van der Waals surface area contributed by atoms with E-state index >= 15 is 0 Å². The summed E-state index contributed by atoms with van der Waals surface area (Å²) in [5, 5.41) is 8.70. The molecule has 0 bridgehead atoms. The van der Waals surface area contributed by atoms with Gasteiger partial charge in [-0.3, -0.25) is 9.69 Å². The van der Waals surface area contributed by atoms with Crippen LogP contribution in [-0.4, -0.2) is 60.1 Å². The molecule has 18 heavy (non-hydrogen) atoms. The fourth-order valence-corrected chi connectivity index (χ4v) is 2.54. The Kier molecular flexibility index (Phi) is 7.28. The van der Waals surface area contributed by atoms with Gasteiger partial charge in [-0.25, -0.2) is 0 Å². The molecule has 1 unspecified atom stereocenters. The fraction of sp³-hybridized carbons (Fsp3) is 0.929. The molecule has 1 amide bonds. The van der Waals surface area contributed by atoms with Crippen LogP contribution in [-0.2, 0) is 4.79 Å². The lowest BCUT2D eigenvalue weighted by Crippen LogP contribution is -2.46. The maximum absolute atomic E-state index is 12.2. The summed E-state index contributed by atoms with van der Waals surface area (Å²) in [6.07, 6.45) is 6.50. The Bertz CT molecular complexity index is 246. The predicted octanol–water partition coefficient (Wildman–Crippen LogP) is 1.48. The summed E-state index contributed by atoms with van der Waals surface area (Å²) in [5.74, 6) is 0.270. The lowest BCUT2D eigenvalue weighted by molar-refractivity contribution is -0.135. The molecule has 1 rings (SSSR count). The van der Waals surface area contributed by atoms with Crippen molar-refractivity contribution in [2.75, 3.05) is 33.3 Å². The monoisotopic (exact) mass is 256 g/mol. The summed E-state index contributed by atoms with van der Waals surface area (Å²) in [7, 11) is 2.01. The van der Waals surface area contributed by atoms with Gasteiger partial charge in [-0.15, -0.1) is 0 Å². The van der Waals surface area contributed by atoms with E-state index in [1.807, 2.05) is 11.9 Å². The summed E-state index contributed by atoms with van der Waals surface area (Å²) in [6.45, 7) is 4.82. The molecule has 106 valence electrons. The number of nitrogens with zero attached hydrogens (tertiary/aromatic N) is 2. The average molecular weight is 256 g/mol. The molecule has 1 aliphatic rings. The highest BCUT2D eigenvalue weighted by Crippen LogP contribution is 2.16. The molecule has 0 aromatic rings. The Morgan fingerprint density at radius 2 is 2.11 bits per heavy atom. The van der Waals surface area contributed by atoms with Gasteiger partial charge in [-0.2, -0.15) is 0 Å². The second kappa shape index (κ2) is 8.48. The van der Waals surface area contributed by atoms with Gasteiger partial charge in [0.25, 0.3) is 0 Å². The molecule has 1 heterocycles. The molecule has 0 saturated carbocycles. The standard InChI is InChI=1S/C14H28N2O2/c1-13-8-4-6-10-16(13)14(18)12-15(2)9-5-3-7-11-17/h13,17H,3-12H2,1-2H3. The molecular formula is C14H28N2O2. The maximum Gasteiger partial charge on any atom is 0.236 e. The largest absolute Gasteiger partial charge is 0.396 e. The van der Waals surface area contributed by atoms with Crippen LogP contribution in [0.5, 0.6) is 0 Å². The smallest absolute Gasteiger partial charge is 0.236 e. The van der Waals surface area contributed by atoms with E-state index in [-0.39, 0.29) is 12.5 Å². The van der Waals surface area contributed by atoms with Crippen molar-refractivity contribution in [1.82, 2.24) is 9.80 Å². The van der Waals surface area contributed by atoms with Crippen LogP contribution in [0.15, 0.2) is 0 Å². The van der Waals surface area contributed by atoms with Crippen LogP contribution >= 0.6 is 0 Å². The number of aliphatic hydroxyl groups excluding tert-OH is 1. The molecule has 1 atom stereocenters. The first kappa shape index (κ1) is 15.4. The number of amides is 1. The van der Waals surface area contributed by atoms with Crippen molar-refractivity contribution in [2.45, 2.75) is 51.5 Å². The highest BCUT2D eigenvalue weighted by molar-refractivity contribution is 5.78. The Balaban J connectivity index is 2.21. The molecule has 0 spiro atoms. The van der Waals surface area contributed by atoms with Gasteiger partial charge in [0, 0.05) is 19.2 Å². The Morgan fingerprint density at radius 1 is 1.33 bits per heavy atom. The zero-order chi connectivity index (χ0) is 13.4. The minimum absolute atomic E-state index is 0.270. The van der Waals surface area contributed by atoms with Crippen LogP contribution in [0.1, 0.15) is 45.4 Å². The fourth-order valence-electron chi connectivity index (χ4n) is 2.54. The zero-order valence-corrected chi connectivity index (χ0v) is 11.9. The topological polar surface area (TPSA) is 43.8 Å². The molecular weight excluding hydrogens is 228 g/mol. The van der Waals surface area contributed by atoms with Crippen molar-refractivity contribution >= 4 is 5.91 Å². The summed E-state index contributed by atoms with van der Waals surface area (Å²) in [6, 6.07) is 0.411. The second-order valence-electron chi connectivity index (χ2n) is 5.45. The molecule has 1 saturated heterocycles. The molecule has 0 aromatic carbocycles. The van der Waals surface area contributed by atoms with Crippen molar-refractivity contribution in [3.05, 3.63) is 0 Å². The highest BCUT2D eigenvalue weighted by atomic mass is 16.2. The highest BCUT2D eigenvalue weighted by Gasteiger charge is 2.23. The van der Waals surface area contributed by atoms with Crippen molar-refractivity contribution in [3.63, 3.8) is 0 Å². The van der Waals surface area contributed by atoms with Gasteiger partial charge in [0.05, 0.1) is 6.54 Å². The van der Waals surface area contributed by atoms with E-state index in [1.165, 1.54) is 6.42 Å². The Morgan fingerprint density at radius 3 is 2.78 bits per heavy atom. The Hall–Kier alpha value is -0.610. The summed E-state index contributed by atoms with van der Waals surface area (Å²) in [4.78, 5) is 16.3. The van der Waals surface area contributed by atoms with E-state index in [4.69, 9.17) is 5.11 Å². The van der Waals surface area contributed by atoms with Gasteiger partial charge in [0.2, 0.25) is 5.91 Å². The number of unbranched alkanes of at least 4 members (excludes halogenated alkanes) is 2. The van der Waals surface area contributed by atoms with E-state index in [0.717, 1.165) is 45.2 Å². The zero-order valence-electron chi connectivity index (χ0n) is 11.9. The first-order valence-electron chi connectivity index (χ1n) is 7.24. The molecule has 0 radical (unpaired) electrons. The molecule has 4 heteroatoms. The van der Waals surface area contributed by atoms with Crippen molar-refractivity contribution in [1.29, 1.82) is 0 Å². The number of hydrogen-bond donors (Lipinski definition) is 1. The molecule has 0 aliphatic carbocycles. The van der Waals surface area contributed by atoms with E-state index in [2.05, 4.69) is 11.8 Å². The van der Waals surface area contributed by atoms with Crippen molar-refractivity contribution in [2.24, 2.45) is 0 Å². The number of likely N-dealkylation sites (N-methyl/N-ethyl adjacent to an activating group) is 1. The molecule has 1 N–H and O–H groups in total. The number of piperidine rings is 1. The summed E-state index contributed by atoms with van der Waals surface area (Å²) >= 11 is 0.